The van der Waals surface area contributed by atoms with Crippen LogP contribution < -0.4 is 10.5 Å². The number of likely N-dealkylation sites (tertiary alicyclic amines) is 1. The van der Waals surface area contributed by atoms with E-state index >= 15 is 0 Å². The Morgan fingerprint density at radius 3 is 2.95 bits per heavy atom. The van der Waals surface area contributed by atoms with E-state index in [1.165, 1.54) is 10.9 Å². The molecule has 1 saturated heterocycles. The molecule has 0 amide bonds. The first-order chi connectivity index (χ1) is 10.2. The molecule has 2 atom stereocenters. The van der Waals surface area contributed by atoms with Crippen LogP contribution in [0.25, 0.3) is 10.9 Å². The summed E-state index contributed by atoms with van der Waals surface area (Å²) in [6, 6.07) is 8.80. The number of pyridine rings is 1. The lowest BCUT2D eigenvalue weighted by Crippen LogP contribution is -2.20. The molecule has 1 aliphatic rings. The fraction of sp³-hybridized carbons (Fsp3) is 0.471. The molecule has 0 bridgehead atoms. The van der Waals surface area contributed by atoms with Gasteiger partial charge in [0.15, 0.2) is 0 Å². The first-order valence-corrected chi connectivity index (χ1v) is 7.65. The quantitative estimate of drug-likeness (QED) is 0.938. The van der Waals surface area contributed by atoms with Crippen molar-refractivity contribution in [2.75, 3.05) is 26.7 Å². The molecule has 0 spiro atoms. The first-order valence-electron chi connectivity index (χ1n) is 7.65. The van der Waals surface area contributed by atoms with Crippen LogP contribution in [0.5, 0.6) is 5.75 Å². The zero-order chi connectivity index (χ0) is 14.8. The molecule has 0 saturated carbocycles. The van der Waals surface area contributed by atoms with Gasteiger partial charge in [0.2, 0.25) is 0 Å². The van der Waals surface area contributed by atoms with Crippen LogP contribution >= 0.6 is 0 Å². The van der Waals surface area contributed by atoms with Gasteiger partial charge in [0.25, 0.3) is 0 Å². The average molecular weight is 285 g/mol. The summed E-state index contributed by atoms with van der Waals surface area (Å²) in [5.41, 5.74) is 8.15. The summed E-state index contributed by atoms with van der Waals surface area (Å²) in [5, 5.41) is 1.19. The van der Waals surface area contributed by atoms with E-state index in [-0.39, 0.29) is 0 Å². The van der Waals surface area contributed by atoms with E-state index in [9.17, 15) is 0 Å². The third kappa shape index (κ3) is 2.61. The molecule has 4 heteroatoms. The highest BCUT2D eigenvalue weighted by atomic mass is 16.5. The third-order valence-corrected chi connectivity index (χ3v) is 4.39. The van der Waals surface area contributed by atoms with Crippen molar-refractivity contribution in [3.63, 3.8) is 0 Å². The predicted octanol–water partition coefficient (Wildman–Crippen LogP) is 2.59. The molecule has 2 unspecified atom stereocenters. The van der Waals surface area contributed by atoms with Gasteiger partial charge in [0.1, 0.15) is 11.3 Å². The number of fused-ring (bicyclic) bond motifs is 1. The number of rotatable bonds is 4. The maximum Gasteiger partial charge on any atom is 0.145 e. The SMILES string of the molecule is CCOc1ccc(C2CC(CN)CN2C)c2cccnc12. The summed E-state index contributed by atoms with van der Waals surface area (Å²) in [6.45, 7) is 4.48. The molecule has 0 radical (unpaired) electrons. The molecule has 2 N–H and O–H groups in total. The highest BCUT2D eigenvalue weighted by Crippen LogP contribution is 2.38. The van der Waals surface area contributed by atoms with Crippen molar-refractivity contribution >= 4 is 10.9 Å². The number of ether oxygens (including phenoxy) is 1. The van der Waals surface area contributed by atoms with Gasteiger partial charge < -0.3 is 10.5 Å². The lowest BCUT2D eigenvalue weighted by atomic mass is 9.96. The number of aromatic nitrogens is 1. The second-order valence-corrected chi connectivity index (χ2v) is 5.78. The molecule has 2 aromatic rings. The van der Waals surface area contributed by atoms with Gasteiger partial charge in [-0.1, -0.05) is 12.1 Å². The Morgan fingerprint density at radius 2 is 2.24 bits per heavy atom. The molecular weight excluding hydrogens is 262 g/mol. The number of nitrogens with two attached hydrogens (primary N) is 1. The molecule has 4 nitrogen and oxygen atoms in total. The Morgan fingerprint density at radius 1 is 1.38 bits per heavy atom. The van der Waals surface area contributed by atoms with Crippen LogP contribution in [0.4, 0.5) is 0 Å². The Bertz CT molecular complexity index is 628. The van der Waals surface area contributed by atoms with E-state index in [1.807, 2.05) is 19.2 Å². The van der Waals surface area contributed by atoms with Crippen LogP contribution in [-0.2, 0) is 0 Å². The van der Waals surface area contributed by atoms with Crippen molar-refractivity contribution in [2.24, 2.45) is 11.7 Å². The Hall–Kier alpha value is -1.65. The number of benzene rings is 1. The smallest absolute Gasteiger partial charge is 0.145 e. The van der Waals surface area contributed by atoms with E-state index < -0.39 is 0 Å². The highest BCUT2D eigenvalue weighted by molar-refractivity contribution is 5.87. The molecule has 3 rings (SSSR count). The van der Waals surface area contributed by atoms with Crippen LogP contribution in [0.1, 0.15) is 24.9 Å². The van der Waals surface area contributed by atoms with Gasteiger partial charge in [0, 0.05) is 24.2 Å². The van der Waals surface area contributed by atoms with Gasteiger partial charge in [-0.25, -0.2) is 0 Å². The largest absolute Gasteiger partial charge is 0.492 e. The standard InChI is InChI=1S/C17H23N3O/c1-3-21-16-7-6-13(14-5-4-8-19-17(14)16)15-9-12(10-18)11-20(15)2/h4-8,12,15H,3,9-11,18H2,1-2H3. The summed E-state index contributed by atoms with van der Waals surface area (Å²) in [4.78, 5) is 6.93. The fourth-order valence-corrected chi connectivity index (χ4v) is 3.37. The minimum absolute atomic E-state index is 0.418. The molecule has 1 aromatic carbocycles. The van der Waals surface area contributed by atoms with Gasteiger partial charge in [-0.05, 0) is 50.6 Å². The molecule has 21 heavy (non-hydrogen) atoms. The summed E-state index contributed by atoms with van der Waals surface area (Å²) in [5.74, 6) is 1.45. The van der Waals surface area contributed by atoms with Crippen molar-refractivity contribution in [1.29, 1.82) is 0 Å². The Labute approximate surface area is 125 Å². The third-order valence-electron chi connectivity index (χ3n) is 4.39. The predicted molar refractivity (Wildman–Crippen MR) is 85.4 cm³/mol. The summed E-state index contributed by atoms with van der Waals surface area (Å²) < 4.78 is 5.71. The van der Waals surface area contributed by atoms with Crippen molar-refractivity contribution < 1.29 is 4.74 Å². The molecular formula is C17H23N3O. The van der Waals surface area contributed by atoms with Gasteiger partial charge >= 0.3 is 0 Å². The second-order valence-electron chi connectivity index (χ2n) is 5.78. The van der Waals surface area contributed by atoms with Gasteiger partial charge in [-0.3, -0.25) is 9.88 Å². The molecule has 1 aliphatic heterocycles. The fourth-order valence-electron chi connectivity index (χ4n) is 3.37. The number of hydrogen-bond donors (Lipinski definition) is 1. The van der Waals surface area contributed by atoms with Crippen LogP contribution in [0.15, 0.2) is 30.5 Å². The van der Waals surface area contributed by atoms with Crippen LogP contribution in [0, 0.1) is 5.92 Å². The first kappa shape index (κ1) is 14.3. The highest BCUT2D eigenvalue weighted by Gasteiger charge is 2.31. The van der Waals surface area contributed by atoms with Crippen molar-refractivity contribution in [3.8, 4) is 5.75 Å². The monoisotopic (exact) mass is 285 g/mol. The summed E-state index contributed by atoms with van der Waals surface area (Å²) in [6.07, 6.45) is 2.95. The van der Waals surface area contributed by atoms with Crippen LogP contribution in [0.3, 0.4) is 0 Å². The van der Waals surface area contributed by atoms with Crippen molar-refractivity contribution in [3.05, 3.63) is 36.0 Å². The second kappa shape index (κ2) is 6.00. The van der Waals surface area contributed by atoms with E-state index in [1.54, 1.807) is 0 Å². The van der Waals surface area contributed by atoms with E-state index in [0.717, 1.165) is 30.8 Å². The van der Waals surface area contributed by atoms with Crippen molar-refractivity contribution in [2.45, 2.75) is 19.4 Å². The number of nitrogens with zero attached hydrogens (tertiary/aromatic N) is 2. The van der Waals surface area contributed by atoms with E-state index in [2.05, 4.69) is 35.1 Å². The lowest BCUT2D eigenvalue weighted by Gasteiger charge is -2.22. The summed E-state index contributed by atoms with van der Waals surface area (Å²) >= 11 is 0. The van der Waals surface area contributed by atoms with Crippen molar-refractivity contribution in [1.82, 2.24) is 9.88 Å². The zero-order valence-electron chi connectivity index (χ0n) is 12.7. The normalized spacial score (nSPS) is 22.8. The topological polar surface area (TPSA) is 51.4 Å². The maximum atomic E-state index is 5.85. The molecule has 2 heterocycles. The minimum Gasteiger partial charge on any atom is -0.492 e. The van der Waals surface area contributed by atoms with E-state index in [4.69, 9.17) is 10.5 Å². The number of hydrogen-bond acceptors (Lipinski definition) is 4. The molecule has 1 aromatic heterocycles. The Balaban J connectivity index is 2.06. The van der Waals surface area contributed by atoms with E-state index in [0.29, 0.717) is 18.6 Å². The molecule has 0 aliphatic carbocycles. The van der Waals surface area contributed by atoms with Gasteiger partial charge in [-0.15, -0.1) is 0 Å². The zero-order valence-corrected chi connectivity index (χ0v) is 12.7. The average Bonchev–Trinajstić information content (AvgIpc) is 2.89. The maximum absolute atomic E-state index is 5.85. The van der Waals surface area contributed by atoms with Crippen LogP contribution in [0.2, 0.25) is 0 Å². The van der Waals surface area contributed by atoms with Crippen LogP contribution in [-0.4, -0.2) is 36.6 Å². The van der Waals surface area contributed by atoms with Gasteiger partial charge in [0.05, 0.1) is 6.61 Å². The van der Waals surface area contributed by atoms with Gasteiger partial charge in [-0.2, -0.15) is 0 Å². The molecule has 1 fully saturated rings. The lowest BCUT2D eigenvalue weighted by molar-refractivity contribution is 0.314. The molecule has 112 valence electrons. The summed E-state index contributed by atoms with van der Waals surface area (Å²) in [7, 11) is 2.18. The minimum atomic E-state index is 0.418. The Kier molecular flexibility index (Phi) is 4.08.